The van der Waals surface area contributed by atoms with E-state index in [4.69, 9.17) is 5.14 Å². The Kier molecular flexibility index (Phi) is 6.46. The van der Waals surface area contributed by atoms with Gasteiger partial charge in [0, 0.05) is 24.7 Å². The molecule has 8 nitrogen and oxygen atoms in total. The van der Waals surface area contributed by atoms with Crippen molar-refractivity contribution in [1.82, 2.24) is 4.31 Å². The Morgan fingerprint density at radius 2 is 1.68 bits per heavy atom. The molecule has 0 aromatic heterocycles. The highest BCUT2D eigenvalue weighted by Gasteiger charge is 2.34. The number of nitrogens with two attached hydrogens (primary N) is 1. The molecule has 3 rings (SSSR count). The predicted molar refractivity (Wildman–Crippen MR) is 109 cm³/mol. The van der Waals surface area contributed by atoms with Crippen molar-refractivity contribution >= 4 is 31.6 Å². The molecule has 2 aromatic rings. The van der Waals surface area contributed by atoms with Gasteiger partial charge in [-0.2, -0.15) is 4.31 Å². The van der Waals surface area contributed by atoms with Crippen LogP contribution in [0.2, 0.25) is 0 Å². The molecule has 0 saturated carbocycles. The van der Waals surface area contributed by atoms with Crippen LogP contribution in [0.3, 0.4) is 0 Å². The zero-order chi connectivity index (χ0) is 23.0. The first-order valence-corrected chi connectivity index (χ1v) is 12.3. The molecule has 1 saturated heterocycles. The third kappa shape index (κ3) is 5.09. The Morgan fingerprint density at radius 3 is 2.29 bits per heavy atom. The molecule has 3 N–H and O–H groups in total. The molecule has 0 aliphatic carbocycles. The molecule has 0 atom stereocenters. The van der Waals surface area contributed by atoms with Crippen LogP contribution in [0.15, 0.2) is 46.2 Å². The second-order valence-electron chi connectivity index (χ2n) is 7.27. The van der Waals surface area contributed by atoms with E-state index < -0.39 is 48.4 Å². The van der Waals surface area contributed by atoms with E-state index in [2.05, 4.69) is 5.32 Å². The summed E-state index contributed by atoms with van der Waals surface area (Å²) < 4.78 is 76.9. The molecule has 0 radical (unpaired) electrons. The number of amides is 1. The van der Waals surface area contributed by atoms with Gasteiger partial charge in [0.25, 0.3) is 0 Å². The number of rotatable bonds is 5. The molecule has 31 heavy (non-hydrogen) atoms. The van der Waals surface area contributed by atoms with Crippen LogP contribution in [0, 0.1) is 24.5 Å². The number of hydrogen-bond donors (Lipinski definition) is 2. The molecular formula is C19H21F2N3O5S2. The van der Waals surface area contributed by atoms with E-state index >= 15 is 0 Å². The number of sulfonamides is 2. The van der Waals surface area contributed by atoms with Gasteiger partial charge < -0.3 is 5.32 Å². The number of halogens is 2. The van der Waals surface area contributed by atoms with Gasteiger partial charge in [0.2, 0.25) is 26.0 Å². The highest BCUT2D eigenvalue weighted by molar-refractivity contribution is 7.89. The zero-order valence-electron chi connectivity index (χ0n) is 16.5. The van der Waals surface area contributed by atoms with E-state index in [9.17, 15) is 30.4 Å². The lowest BCUT2D eigenvalue weighted by Crippen LogP contribution is -2.41. The quantitative estimate of drug-likeness (QED) is 0.686. The second-order valence-corrected chi connectivity index (χ2v) is 10.7. The van der Waals surface area contributed by atoms with Crippen molar-refractivity contribution in [3.05, 3.63) is 53.6 Å². The summed E-state index contributed by atoms with van der Waals surface area (Å²) in [6, 6.07) is 6.52. The lowest BCUT2D eigenvalue weighted by atomic mass is 9.97. The summed E-state index contributed by atoms with van der Waals surface area (Å²) in [6.45, 7) is 1.47. The first-order valence-electron chi connectivity index (χ1n) is 9.29. The van der Waals surface area contributed by atoms with Crippen LogP contribution in [0.4, 0.5) is 14.5 Å². The number of nitrogens with zero attached hydrogens (tertiary/aromatic N) is 1. The molecule has 1 heterocycles. The van der Waals surface area contributed by atoms with Gasteiger partial charge in [-0.3, -0.25) is 4.79 Å². The summed E-state index contributed by atoms with van der Waals surface area (Å²) in [7, 11) is -8.20. The van der Waals surface area contributed by atoms with Crippen LogP contribution < -0.4 is 10.5 Å². The average Bonchev–Trinajstić information content (AvgIpc) is 2.70. The predicted octanol–water partition coefficient (Wildman–Crippen LogP) is 1.96. The highest BCUT2D eigenvalue weighted by atomic mass is 32.2. The van der Waals surface area contributed by atoms with Crippen molar-refractivity contribution in [3.8, 4) is 0 Å². The van der Waals surface area contributed by atoms with Crippen molar-refractivity contribution < 1.29 is 30.4 Å². The number of anilines is 1. The Morgan fingerprint density at radius 1 is 1.03 bits per heavy atom. The van der Waals surface area contributed by atoms with Gasteiger partial charge in [-0.1, -0.05) is 6.07 Å². The lowest BCUT2D eigenvalue weighted by molar-refractivity contribution is -0.120. The lowest BCUT2D eigenvalue weighted by Gasteiger charge is -2.30. The summed E-state index contributed by atoms with van der Waals surface area (Å²) >= 11 is 0. The fraction of sp³-hybridized carbons (Fsp3) is 0.316. The van der Waals surface area contributed by atoms with Crippen LogP contribution in [-0.2, 0) is 24.8 Å². The van der Waals surface area contributed by atoms with Crippen LogP contribution >= 0.6 is 0 Å². The molecule has 1 amide bonds. The number of carbonyl (C=O) groups excluding carboxylic acids is 1. The Bertz CT molecular complexity index is 1230. The first-order chi connectivity index (χ1) is 14.4. The zero-order valence-corrected chi connectivity index (χ0v) is 18.1. The van der Waals surface area contributed by atoms with E-state index in [1.807, 2.05) is 0 Å². The maximum Gasteiger partial charge on any atom is 0.246 e. The fourth-order valence-corrected chi connectivity index (χ4v) is 5.75. The minimum Gasteiger partial charge on any atom is -0.326 e. The average molecular weight is 474 g/mol. The van der Waals surface area contributed by atoms with Crippen LogP contribution in [0.25, 0.3) is 0 Å². The maximum absolute atomic E-state index is 13.9. The summed E-state index contributed by atoms with van der Waals surface area (Å²) in [5.74, 6) is -2.86. The number of aryl methyl sites for hydroxylation is 1. The summed E-state index contributed by atoms with van der Waals surface area (Å²) in [5, 5.41) is 7.79. The largest absolute Gasteiger partial charge is 0.326 e. The third-order valence-electron chi connectivity index (χ3n) is 5.10. The van der Waals surface area contributed by atoms with Crippen molar-refractivity contribution in [1.29, 1.82) is 0 Å². The molecule has 1 fully saturated rings. The van der Waals surface area contributed by atoms with Gasteiger partial charge in [-0.25, -0.2) is 30.8 Å². The summed E-state index contributed by atoms with van der Waals surface area (Å²) in [4.78, 5) is 11.7. The van der Waals surface area contributed by atoms with Crippen LogP contribution in [0.1, 0.15) is 18.4 Å². The van der Waals surface area contributed by atoms with E-state index in [0.717, 1.165) is 16.4 Å². The standard InChI is InChI=1S/C19H21F2N3O5S2/c1-12-2-4-15(11-17(12)30(22,26)27)23-19(25)13-6-8-24(9-7-13)31(28,29)18-10-14(20)3-5-16(18)21/h2-5,10-11,13H,6-9H2,1H3,(H,23,25)(H2,22,26,27). The van der Waals surface area contributed by atoms with Crippen molar-refractivity contribution in [3.63, 3.8) is 0 Å². The molecular weight excluding hydrogens is 452 g/mol. The SMILES string of the molecule is Cc1ccc(NC(=O)C2CCN(S(=O)(=O)c3cc(F)ccc3F)CC2)cc1S(N)(=O)=O. The molecule has 1 aliphatic heterocycles. The van der Waals surface area contributed by atoms with Crippen molar-refractivity contribution in [2.75, 3.05) is 18.4 Å². The minimum absolute atomic E-state index is 0.0489. The molecule has 0 bridgehead atoms. The van der Waals surface area contributed by atoms with Gasteiger partial charge in [0.1, 0.15) is 16.5 Å². The highest BCUT2D eigenvalue weighted by Crippen LogP contribution is 2.27. The van der Waals surface area contributed by atoms with E-state index in [-0.39, 0.29) is 36.5 Å². The molecule has 12 heteroatoms. The third-order valence-corrected chi connectivity index (χ3v) is 8.06. The number of benzene rings is 2. The van der Waals surface area contributed by atoms with E-state index in [1.54, 1.807) is 6.92 Å². The monoisotopic (exact) mass is 473 g/mol. The van der Waals surface area contributed by atoms with Crippen molar-refractivity contribution in [2.45, 2.75) is 29.6 Å². The number of hydrogen-bond acceptors (Lipinski definition) is 5. The van der Waals surface area contributed by atoms with Gasteiger partial charge in [-0.05, 0) is 55.7 Å². The Labute approximate surface area is 179 Å². The Hall–Kier alpha value is -2.41. The molecule has 1 aliphatic rings. The van der Waals surface area contributed by atoms with E-state index in [0.29, 0.717) is 11.6 Å². The van der Waals surface area contributed by atoms with Crippen LogP contribution in [-0.4, -0.2) is 40.1 Å². The van der Waals surface area contributed by atoms with Gasteiger partial charge in [-0.15, -0.1) is 0 Å². The molecule has 2 aromatic carbocycles. The Balaban J connectivity index is 1.68. The molecule has 0 unspecified atom stereocenters. The molecule has 168 valence electrons. The summed E-state index contributed by atoms with van der Waals surface area (Å²) in [6.07, 6.45) is 0.325. The number of carbonyl (C=O) groups is 1. The number of primary sulfonamides is 1. The van der Waals surface area contributed by atoms with Crippen molar-refractivity contribution in [2.24, 2.45) is 11.1 Å². The van der Waals surface area contributed by atoms with Gasteiger partial charge in [0.05, 0.1) is 4.90 Å². The molecule has 0 spiro atoms. The second kappa shape index (κ2) is 8.61. The van der Waals surface area contributed by atoms with Crippen LogP contribution in [0.5, 0.6) is 0 Å². The summed E-state index contributed by atoms with van der Waals surface area (Å²) in [5.41, 5.74) is 0.681. The van der Waals surface area contributed by atoms with Gasteiger partial charge >= 0.3 is 0 Å². The smallest absolute Gasteiger partial charge is 0.246 e. The topological polar surface area (TPSA) is 127 Å². The maximum atomic E-state index is 13.9. The number of nitrogens with one attached hydrogen (secondary N) is 1. The van der Waals surface area contributed by atoms with E-state index in [1.165, 1.54) is 18.2 Å². The minimum atomic E-state index is -4.24. The number of piperidine rings is 1. The normalized spacial score (nSPS) is 16.3. The first kappa shape index (κ1) is 23.3. The fourth-order valence-electron chi connectivity index (χ4n) is 3.40. The van der Waals surface area contributed by atoms with Gasteiger partial charge in [0.15, 0.2) is 0 Å².